The summed E-state index contributed by atoms with van der Waals surface area (Å²) < 4.78 is 34.5. The molecule has 1 amide bonds. The molecule has 0 bridgehead atoms. The summed E-state index contributed by atoms with van der Waals surface area (Å²) in [4.78, 5) is 10.6. The molecular formula is C4H3F3N4O. The standard InChI is InChI=1S/C4H3F3N4O/c5-4(6,7)9-3(12)2-1-8-11-10-2/h1H,(H,9,12)(H,8,10,11). The highest BCUT2D eigenvalue weighted by molar-refractivity contribution is 5.91. The average molecular weight is 180 g/mol. The van der Waals surface area contributed by atoms with Crippen molar-refractivity contribution in [3.8, 4) is 0 Å². The maximum Gasteiger partial charge on any atom is 0.484 e. The third-order valence-electron chi connectivity index (χ3n) is 0.905. The van der Waals surface area contributed by atoms with Crippen molar-refractivity contribution >= 4 is 5.91 Å². The Morgan fingerprint density at radius 2 is 2.25 bits per heavy atom. The Hall–Kier alpha value is -1.60. The van der Waals surface area contributed by atoms with Crippen molar-refractivity contribution in [2.24, 2.45) is 0 Å². The smallest absolute Gasteiger partial charge is 0.267 e. The lowest BCUT2D eigenvalue weighted by molar-refractivity contribution is -0.146. The summed E-state index contributed by atoms with van der Waals surface area (Å²) in [5.74, 6) is -1.34. The van der Waals surface area contributed by atoms with E-state index in [0.29, 0.717) is 0 Å². The van der Waals surface area contributed by atoms with Crippen LogP contribution in [0.2, 0.25) is 0 Å². The summed E-state index contributed by atoms with van der Waals surface area (Å²) >= 11 is 0. The summed E-state index contributed by atoms with van der Waals surface area (Å²) in [5, 5.41) is 9.02. The van der Waals surface area contributed by atoms with Crippen LogP contribution in [0.15, 0.2) is 6.20 Å². The second-order valence-corrected chi connectivity index (χ2v) is 1.81. The van der Waals surface area contributed by atoms with E-state index in [0.717, 1.165) is 11.5 Å². The minimum Gasteiger partial charge on any atom is -0.267 e. The summed E-state index contributed by atoms with van der Waals surface area (Å²) in [6.45, 7) is 0. The highest BCUT2D eigenvalue weighted by Crippen LogP contribution is 2.09. The number of nitrogens with zero attached hydrogens (tertiary/aromatic N) is 2. The molecule has 66 valence electrons. The number of aromatic nitrogens is 3. The lowest BCUT2D eigenvalue weighted by atomic mass is 10.4. The second-order valence-electron chi connectivity index (χ2n) is 1.81. The fourth-order valence-electron chi connectivity index (χ4n) is 0.505. The van der Waals surface area contributed by atoms with Crippen molar-refractivity contribution in [3.63, 3.8) is 0 Å². The quantitative estimate of drug-likeness (QED) is 0.600. The van der Waals surface area contributed by atoms with E-state index in [9.17, 15) is 18.0 Å². The zero-order chi connectivity index (χ0) is 9.19. The van der Waals surface area contributed by atoms with E-state index in [-0.39, 0.29) is 0 Å². The molecule has 1 heterocycles. The maximum absolute atomic E-state index is 11.5. The fraction of sp³-hybridized carbons (Fsp3) is 0.250. The van der Waals surface area contributed by atoms with Gasteiger partial charge in [-0.3, -0.25) is 15.2 Å². The van der Waals surface area contributed by atoms with E-state index in [2.05, 4.69) is 15.4 Å². The van der Waals surface area contributed by atoms with Gasteiger partial charge in [-0.05, 0) is 0 Å². The first kappa shape index (κ1) is 8.50. The van der Waals surface area contributed by atoms with E-state index in [1.165, 1.54) is 0 Å². The van der Waals surface area contributed by atoms with Crippen molar-refractivity contribution in [1.82, 2.24) is 20.7 Å². The van der Waals surface area contributed by atoms with Crippen LogP contribution in [0.5, 0.6) is 0 Å². The molecule has 0 spiro atoms. The molecule has 1 rings (SSSR count). The minimum atomic E-state index is -4.74. The molecule has 0 saturated heterocycles. The van der Waals surface area contributed by atoms with Gasteiger partial charge in [-0.1, -0.05) is 5.21 Å². The van der Waals surface area contributed by atoms with Crippen LogP contribution >= 0.6 is 0 Å². The zero-order valence-corrected chi connectivity index (χ0v) is 5.51. The molecule has 12 heavy (non-hydrogen) atoms. The van der Waals surface area contributed by atoms with Crippen LogP contribution in [0.4, 0.5) is 13.2 Å². The monoisotopic (exact) mass is 180 g/mol. The SMILES string of the molecule is O=C(NC(F)(F)F)c1c[nH]nn1. The lowest BCUT2D eigenvalue weighted by Crippen LogP contribution is -2.37. The van der Waals surface area contributed by atoms with Crippen LogP contribution in [0.25, 0.3) is 0 Å². The minimum absolute atomic E-state index is 0.410. The Balaban J connectivity index is 2.63. The second kappa shape index (κ2) is 2.80. The first-order chi connectivity index (χ1) is 5.49. The normalized spacial score (nSPS) is 11.2. The topological polar surface area (TPSA) is 70.7 Å². The van der Waals surface area contributed by atoms with Gasteiger partial charge in [0.05, 0.1) is 6.20 Å². The van der Waals surface area contributed by atoms with Gasteiger partial charge in [-0.25, -0.2) is 0 Å². The van der Waals surface area contributed by atoms with Crippen molar-refractivity contribution in [2.45, 2.75) is 6.30 Å². The summed E-state index contributed by atoms with van der Waals surface area (Å²) in [7, 11) is 0. The number of halogens is 3. The molecule has 0 fully saturated rings. The molecule has 0 unspecified atom stereocenters. The largest absolute Gasteiger partial charge is 0.484 e. The number of hydrogen-bond donors (Lipinski definition) is 2. The molecule has 0 aromatic carbocycles. The van der Waals surface area contributed by atoms with E-state index >= 15 is 0 Å². The molecule has 2 N–H and O–H groups in total. The number of alkyl halides is 3. The molecular weight excluding hydrogens is 177 g/mol. The summed E-state index contributed by atoms with van der Waals surface area (Å²) in [6.07, 6.45) is -3.78. The summed E-state index contributed by atoms with van der Waals surface area (Å²) in [6, 6.07) is 0. The molecule has 1 aromatic rings. The predicted molar refractivity (Wildman–Crippen MR) is 29.9 cm³/mol. The Labute approximate surface area is 64.0 Å². The number of amides is 1. The zero-order valence-electron chi connectivity index (χ0n) is 5.51. The van der Waals surface area contributed by atoms with Crippen LogP contribution in [0.3, 0.4) is 0 Å². The third kappa shape index (κ3) is 2.22. The number of nitrogens with one attached hydrogen (secondary N) is 2. The highest BCUT2D eigenvalue weighted by Gasteiger charge is 2.31. The van der Waals surface area contributed by atoms with Crippen molar-refractivity contribution in [3.05, 3.63) is 11.9 Å². The molecule has 0 radical (unpaired) electrons. The van der Waals surface area contributed by atoms with Crippen molar-refractivity contribution < 1.29 is 18.0 Å². The van der Waals surface area contributed by atoms with Crippen LogP contribution in [0.1, 0.15) is 10.5 Å². The molecule has 0 aliphatic rings. The van der Waals surface area contributed by atoms with Crippen LogP contribution in [-0.4, -0.2) is 27.6 Å². The highest BCUT2D eigenvalue weighted by atomic mass is 19.4. The third-order valence-corrected chi connectivity index (χ3v) is 0.905. The van der Waals surface area contributed by atoms with Gasteiger partial charge in [0.2, 0.25) is 0 Å². The predicted octanol–water partition coefficient (Wildman–Crippen LogP) is 0.0543. The Morgan fingerprint density at radius 3 is 2.67 bits per heavy atom. The first-order valence-electron chi connectivity index (χ1n) is 2.75. The Morgan fingerprint density at radius 1 is 1.58 bits per heavy atom. The van der Waals surface area contributed by atoms with Gasteiger partial charge in [0.15, 0.2) is 5.69 Å². The van der Waals surface area contributed by atoms with Crippen LogP contribution in [0, 0.1) is 0 Å². The van der Waals surface area contributed by atoms with E-state index in [1.807, 2.05) is 0 Å². The lowest BCUT2D eigenvalue weighted by Gasteiger charge is -2.05. The number of rotatable bonds is 1. The number of H-pyrrole nitrogens is 1. The van der Waals surface area contributed by atoms with Gasteiger partial charge < -0.3 is 0 Å². The fourth-order valence-corrected chi connectivity index (χ4v) is 0.505. The van der Waals surface area contributed by atoms with E-state index in [1.54, 1.807) is 0 Å². The molecule has 0 aliphatic heterocycles. The Kier molecular flexibility index (Phi) is 1.98. The molecule has 5 nitrogen and oxygen atoms in total. The summed E-state index contributed by atoms with van der Waals surface area (Å²) in [5.41, 5.74) is -0.410. The molecule has 0 saturated carbocycles. The molecule has 8 heteroatoms. The number of hydrogen-bond acceptors (Lipinski definition) is 3. The average Bonchev–Trinajstić information content (AvgIpc) is 2.32. The number of carbonyl (C=O) groups excluding carboxylic acids is 1. The van der Waals surface area contributed by atoms with Gasteiger partial charge in [0.1, 0.15) is 0 Å². The number of aromatic amines is 1. The van der Waals surface area contributed by atoms with Crippen LogP contribution < -0.4 is 5.32 Å². The molecule has 0 atom stereocenters. The molecule has 1 aromatic heterocycles. The van der Waals surface area contributed by atoms with E-state index in [4.69, 9.17) is 0 Å². The first-order valence-corrected chi connectivity index (χ1v) is 2.75. The number of carbonyl (C=O) groups is 1. The van der Waals surface area contributed by atoms with Gasteiger partial charge >= 0.3 is 6.30 Å². The van der Waals surface area contributed by atoms with Crippen molar-refractivity contribution in [1.29, 1.82) is 0 Å². The Bertz CT molecular complexity index is 266. The van der Waals surface area contributed by atoms with Gasteiger partial charge in [-0.2, -0.15) is 13.2 Å². The maximum atomic E-state index is 11.5. The van der Waals surface area contributed by atoms with E-state index < -0.39 is 17.9 Å². The van der Waals surface area contributed by atoms with Crippen molar-refractivity contribution in [2.75, 3.05) is 0 Å². The van der Waals surface area contributed by atoms with Crippen LogP contribution in [-0.2, 0) is 0 Å². The van der Waals surface area contributed by atoms with Gasteiger partial charge in [0, 0.05) is 0 Å². The van der Waals surface area contributed by atoms with Gasteiger partial charge in [0.25, 0.3) is 5.91 Å². The molecule has 0 aliphatic carbocycles. The van der Waals surface area contributed by atoms with Gasteiger partial charge in [-0.15, -0.1) is 5.10 Å².